The number of rotatable bonds is 2. The molecule has 0 heterocycles. The highest BCUT2D eigenvalue weighted by Gasteiger charge is 2.39. The van der Waals surface area contributed by atoms with E-state index in [0.29, 0.717) is 5.41 Å². The van der Waals surface area contributed by atoms with Crippen molar-refractivity contribution in [2.24, 2.45) is 0 Å². The van der Waals surface area contributed by atoms with E-state index in [2.05, 4.69) is 52.1 Å². The lowest BCUT2D eigenvalue weighted by Gasteiger charge is -2.24. The maximum absolute atomic E-state index is 2.44. The van der Waals surface area contributed by atoms with Crippen molar-refractivity contribution in [3.63, 3.8) is 0 Å². The third kappa shape index (κ3) is 2.15. The van der Waals surface area contributed by atoms with E-state index in [-0.39, 0.29) is 5.41 Å². The van der Waals surface area contributed by atoms with Crippen LogP contribution in [0.25, 0.3) is 0 Å². The Bertz CT molecular complexity index is 394. The summed E-state index contributed by atoms with van der Waals surface area (Å²) < 4.78 is 0. The number of hydrogen-bond acceptors (Lipinski definition) is 1. The van der Waals surface area contributed by atoms with Gasteiger partial charge in [-0.2, -0.15) is 0 Å². The van der Waals surface area contributed by atoms with Gasteiger partial charge in [-0.15, -0.1) is 11.8 Å². The van der Waals surface area contributed by atoms with Gasteiger partial charge in [0, 0.05) is 4.90 Å². The summed E-state index contributed by atoms with van der Waals surface area (Å²) in [6.07, 6.45) is 4.88. The topological polar surface area (TPSA) is 0 Å². The molecule has 2 rings (SSSR count). The first-order chi connectivity index (χ1) is 7.37. The van der Waals surface area contributed by atoms with Gasteiger partial charge < -0.3 is 0 Å². The summed E-state index contributed by atoms with van der Waals surface area (Å²) in [6.45, 7) is 9.30. The Morgan fingerprint density at radius 3 is 2.25 bits per heavy atom. The predicted molar refractivity (Wildman–Crippen MR) is 73.5 cm³/mol. The average Bonchev–Trinajstić information content (AvgIpc) is 2.95. The van der Waals surface area contributed by atoms with E-state index in [4.69, 9.17) is 0 Å². The minimum absolute atomic E-state index is 0.250. The molecule has 88 valence electrons. The highest BCUT2D eigenvalue weighted by molar-refractivity contribution is 7.98. The van der Waals surface area contributed by atoms with Crippen LogP contribution in [-0.4, -0.2) is 6.26 Å². The third-order valence-electron chi connectivity index (χ3n) is 3.70. The molecule has 1 aliphatic rings. The molecule has 0 unspecified atom stereocenters. The second-order valence-electron chi connectivity index (χ2n) is 6.23. The first-order valence-corrected chi connectivity index (χ1v) is 7.28. The van der Waals surface area contributed by atoms with Crippen molar-refractivity contribution in [1.29, 1.82) is 0 Å². The summed E-state index contributed by atoms with van der Waals surface area (Å²) in [5, 5.41) is 0. The minimum atomic E-state index is 0.250. The van der Waals surface area contributed by atoms with Gasteiger partial charge in [0.1, 0.15) is 0 Å². The van der Waals surface area contributed by atoms with Crippen LogP contribution in [0, 0.1) is 0 Å². The fraction of sp³-hybridized carbons (Fsp3) is 0.600. The molecule has 16 heavy (non-hydrogen) atoms. The van der Waals surface area contributed by atoms with Gasteiger partial charge in [-0.1, -0.05) is 39.8 Å². The fourth-order valence-electron chi connectivity index (χ4n) is 2.15. The van der Waals surface area contributed by atoms with Gasteiger partial charge >= 0.3 is 0 Å². The molecule has 0 radical (unpaired) electrons. The van der Waals surface area contributed by atoms with Gasteiger partial charge in [-0.3, -0.25) is 0 Å². The van der Waals surface area contributed by atoms with E-state index >= 15 is 0 Å². The zero-order chi connectivity index (χ0) is 12.0. The second-order valence-corrected chi connectivity index (χ2v) is 7.07. The van der Waals surface area contributed by atoms with Crippen molar-refractivity contribution >= 4 is 11.8 Å². The van der Waals surface area contributed by atoms with Crippen LogP contribution in [-0.2, 0) is 10.8 Å². The van der Waals surface area contributed by atoms with Crippen LogP contribution in [0.3, 0.4) is 0 Å². The Balaban J connectivity index is 2.47. The maximum Gasteiger partial charge on any atom is 0.0107 e. The van der Waals surface area contributed by atoms with Gasteiger partial charge in [0.15, 0.2) is 0 Å². The van der Waals surface area contributed by atoms with Crippen LogP contribution < -0.4 is 0 Å². The second kappa shape index (κ2) is 3.80. The first kappa shape index (κ1) is 12.0. The SMILES string of the molecule is CSc1ccc(C2(C)CC2)cc1C(C)(C)C. The van der Waals surface area contributed by atoms with Crippen LogP contribution in [0.15, 0.2) is 23.1 Å². The lowest BCUT2D eigenvalue weighted by atomic mass is 9.84. The number of thioether (sulfide) groups is 1. The van der Waals surface area contributed by atoms with E-state index in [1.54, 1.807) is 0 Å². The van der Waals surface area contributed by atoms with E-state index < -0.39 is 0 Å². The van der Waals surface area contributed by atoms with Crippen LogP contribution in [0.5, 0.6) is 0 Å². The zero-order valence-corrected chi connectivity index (χ0v) is 11.9. The molecule has 0 nitrogen and oxygen atoms in total. The molecule has 1 aromatic rings. The molecule has 1 aromatic carbocycles. The Labute approximate surface area is 104 Å². The van der Waals surface area contributed by atoms with Crippen LogP contribution in [0.2, 0.25) is 0 Å². The first-order valence-electron chi connectivity index (χ1n) is 6.06. The Kier molecular flexibility index (Phi) is 2.86. The highest BCUT2D eigenvalue weighted by Crippen LogP contribution is 2.49. The highest BCUT2D eigenvalue weighted by atomic mass is 32.2. The van der Waals surface area contributed by atoms with Gasteiger partial charge in [0.25, 0.3) is 0 Å². The molecule has 0 aliphatic heterocycles. The van der Waals surface area contributed by atoms with Crippen molar-refractivity contribution in [2.45, 2.75) is 56.3 Å². The summed E-state index contributed by atoms with van der Waals surface area (Å²) in [5.41, 5.74) is 3.78. The Morgan fingerprint density at radius 1 is 1.19 bits per heavy atom. The quantitative estimate of drug-likeness (QED) is 0.665. The summed E-state index contributed by atoms with van der Waals surface area (Å²) in [4.78, 5) is 1.43. The molecule has 1 heteroatoms. The molecular formula is C15H22S. The summed E-state index contributed by atoms with van der Waals surface area (Å²) >= 11 is 1.86. The molecule has 0 spiro atoms. The summed E-state index contributed by atoms with van der Waals surface area (Å²) in [7, 11) is 0. The van der Waals surface area contributed by atoms with Crippen LogP contribution in [0.4, 0.5) is 0 Å². The van der Waals surface area contributed by atoms with Gasteiger partial charge in [0.2, 0.25) is 0 Å². The molecule has 0 aromatic heterocycles. The molecule has 1 fully saturated rings. The number of benzene rings is 1. The maximum atomic E-state index is 2.44. The van der Waals surface area contributed by atoms with E-state index in [0.717, 1.165) is 0 Å². The summed E-state index contributed by atoms with van der Waals surface area (Å²) in [6, 6.07) is 7.08. The van der Waals surface area contributed by atoms with Gasteiger partial charge in [-0.25, -0.2) is 0 Å². The van der Waals surface area contributed by atoms with E-state index in [1.165, 1.54) is 28.9 Å². The van der Waals surface area contributed by atoms with Crippen LogP contribution in [0.1, 0.15) is 51.7 Å². The average molecular weight is 234 g/mol. The zero-order valence-electron chi connectivity index (χ0n) is 11.1. The molecule has 0 saturated heterocycles. The van der Waals surface area contributed by atoms with Gasteiger partial charge in [-0.05, 0) is 47.1 Å². The Hall–Kier alpha value is -0.430. The van der Waals surface area contributed by atoms with Crippen molar-refractivity contribution in [1.82, 2.24) is 0 Å². The molecule has 1 aliphatic carbocycles. The predicted octanol–water partition coefficient (Wildman–Crippen LogP) is 4.76. The lowest BCUT2D eigenvalue weighted by molar-refractivity contribution is 0.575. The van der Waals surface area contributed by atoms with Crippen LogP contribution >= 0.6 is 11.8 Å². The minimum Gasteiger partial charge on any atom is -0.129 e. The third-order valence-corrected chi connectivity index (χ3v) is 4.50. The number of hydrogen-bond donors (Lipinski definition) is 0. The molecule has 1 saturated carbocycles. The van der Waals surface area contributed by atoms with Crippen molar-refractivity contribution in [3.8, 4) is 0 Å². The molecule has 0 bridgehead atoms. The normalized spacial score (nSPS) is 18.6. The molecular weight excluding hydrogens is 212 g/mol. The standard InChI is InChI=1S/C15H22S/c1-14(2,3)12-10-11(15(4)8-9-15)6-7-13(12)16-5/h6-7,10H,8-9H2,1-5H3. The fourth-order valence-corrected chi connectivity index (χ4v) is 2.93. The molecule has 0 N–H and O–H groups in total. The van der Waals surface area contributed by atoms with Crippen molar-refractivity contribution < 1.29 is 0 Å². The van der Waals surface area contributed by atoms with Crippen molar-refractivity contribution in [2.75, 3.05) is 6.26 Å². The van der Waals surface area contributed by atoms with E-state index in [9.17, 15) is 0 Å². The Morgan fingerprint density at radius 2 is 1.81 bits per heavy atom. The van der Waals surface area contributed by atoms with E-state index in [1.807, 2.05) is 11.8 Å². The largest absolute Gasteiger partial charge is 0.129 e. The monoisotopic (exact) mass is 234 g/mol. The molecule has 0 atom stereocenters. The smallest absolute Gasteiger partial charge is 0.0107 e. The van der Waals surface area contributed by atoms with Gasteiger partial charge in [0.05, 0.1) is 0 Å². The molecule has 0 amide bonds. The summed E-state index contributed by atoms with van der Waals surface area (Å²) in [5.74, 6) is 0. The lowest BCUT2D eigenvalue weighted by Crippen LogP contribution is -2.14. The van der Waals surface area contributed by atoms with Crippen molar-refractivity contribution in [3.05, 3.63) is 29.3 Å².